The van der Waals surface area contributed by atoms with E-state index in [2.05, 4.69) is 17.6 Å². The summed E-state index contributed by atoms with van der Waals surface area (Å²) in [6.07, 6.45) is 4.05. The highest BCUT2D eigenvalue weighted by molar-refractivity contribution is 7.98. The highest BCUT2D eigenvalue weighted by Gasteiger charge is 2.21. The van der Waals surface area contributed by atoms with Gasteiger partial charge in [-0.05, 0) is 44.0 Å². The third kappa shape index (κ3) is 3.24. The van der Waals surface area contributed by atoms with Gasteiger partial charge in [0.05, 0.1) is 0 Å². The van der Waals surface area contributed by atoms with Gasteiger partial charge >= 0.3 is 0 Å². The van der Waals surface area contributed by atoms with E-state index < -0.39 is 0 Å². The van der Waals surface area contributed by atoms with Crippen molar-refractivity contribution >= 4 is 29.0 Å². The molecule has 94 valence electrons. The van der Waals surface area contributed by atoms with E-state index in [-0.39, 0.29) is 5.91 Å². The number of carbonyl (C=O) groups is 1. The van der Waals surface area contributed by atoms with Crippen LogP contribution in [0.15, 0.2) is 16.3 Å². The maximum Gasteiger partial charge on any atom is 0.262 e. The molecule has 1 aromatic rings. The van der Waals surface area contributed by atoms with Gasteiger partial charge in [-0.25, -0.2) is 0 Å². The number of carbonyl (C=O) groups excluding carboxylic acids is 1. The number of nitrogens with one attached hydrogen (secondary N) is 2. The third-order valence-electron chi connectivity index (χ3n) is 3.01. The van der Waals surface area contributed by atoms with Gasteiger partial charge in [-0.15, -0.1) is 23.1 Å². The fraction of sp³-hybridized carbons (Fsp3) is 0.583. The summed E-state index contributed by atoms with van der Waals surface area (Å²) in [5.41, 5.74) is 0. The minimum Gasteiger partial charge on any atom is -0.348 e. The first-order chi connectivity index (χ1) is 8.20. The van der Waals surface area contributed by atoms with Crippen LogP contribution in [0.4, 0.5) is 0 Å². The lowest BCUT2D eigenvalue weighted by atomic mass is 10.0. The zero-order valence-electron chi connectivity index (χ0n) is 10.2. The minimum atomic E-state index is 0.0865. The maximum absolute atomic E-state index is 12.1. The van der Waals surface area contributed by atoms with Crippen LogP contribution in [0.5, 0.6) is 0 Å². The number of thioether (sulfide) groups is 1. The van der Waals surface area contributed by atoms with Crippen molar-refractivity contribution in [3.63, 3.8) is 0 Å². The van der Waals surface area contributed by atoms with Crippen LogP contribution in [-0.2, 0) is 0 Å². The molecule has 2 unspecified atom stereocenters. The van der Waals surface area contributed by atoms with Crippen molar-refractivity contribution in [3.8, 4) is 0 Å². The average Bonchev–Trinajstić information content (AvgIpc) is 2.77. The van der Waals surface area contributed by atoms with Crippen LogP contribution in [0.3, 0.4) is 0 Å². The highest BCUT2D eigenvalue weighted by atomic mass is 32.2. The van der Waals surface area contributed by atoms with Crippen LogP contribution >= 0.6 is 23.1 Å². The molecule has 3 nitrogen and oxygen atoms in total. The van der Waals surface area contributed by atoms with Crippen molar-refractivity contribution in [2.45, 2.75) is 36.7 Å². The van der Waals surface area contributed by atoms with E-state index in [9.17, 15) is 4.79 Å². The number of hydrogen-bond donors (Lipinski definition) is 2. The Labute approximate surface area is 110 Å². The summed E-state index contributed by atoms with van der Waals surface area (Å²) in [5.74, 6) is 0.0865. The first-order valence-corrected chi connectivity index (χ1v) is 7.97. The number of hydrogen-bond acceptors (Lipinski definition) is 4. The van der Waals surface area contributed by atoms with Crippen molar-refractivity contribution in [1.29, 1.82) is 0 Å². The van der Waals surface area contributed by atoms with Crippen LogP contribution in [0.25, 0.3) is 0 Å². The van der Waals surface area contributed by atoms with Gasteiger partial charge in [0.15, 0.2) is 0 Å². The molecule has 1 saturated heterocycles. The van der Waals surface area contributed by atoms with Gasteiger partial charge in [0.25, 0.3) is 5.91 Å². The van der Waals surface area contributed by atoms with Crippen LogP contribution in [-0.4, -0.2) is 30.8 Å². The Hall–Kier alpha value is -0.520. The molecule has 0 saturated carbocycles. The molecule has 5 heteroatoms. The Balaban J connectivity index is 1.97. The molecule has 17 heavy (non-hydrogen) atoms. The lowest BCUT2D eigenvalue weighted by Crippen LogP contribution is -2.46. The molecule has 2 heterocycles. The van der Waals surface area contributed by atoms with E-state index in [4.69, 9.17) is 0 Å². The van der Waals surface area contributed by atoms with Gasteiger partial charge in [0.2, 0.25) is 0 Å². The first-order valence-electron chi connectivity index (χ1n) is 5.86. The summed E-state index contributed by atoms with van der Waals surface area (Å²) in [4.78, 5) is 14.1. The molecule has 1 fully saturated rings. The van der Waals surface area contributed by atoms with Crippen molar-refractivity contribution in [2.24, 2.45) is 0 Å². The molecule has 0 aromatic carbocycles. The van der Waals surface area contributed by atoms with E-state index in [0.29, 0.717) is 12.1 Å². The summed E-state index contributed by atoms with van der Waals surface area (Å²) in [7, 11) is 0. The third-order valence-corrected chi connectivity index (χ3v) is 4.84. The summed E-state index contributed by atoms with van der Waals surface area (Å²) in [6.45, 7) is 3.16. The molecule has 0 aliphatic carbocycles. The molecule has 1 amide bonds. The zero-order valence-corrected chi connectivity index (χ0v) is 11.8. The second-order valence-electron chi connectivity index (χ2n) is 4.37. The lowest BCUT2D eigenvalue weighted by Gasteiger charge is -2.28. The summed E-state index contributed by atoms with van der Waals surface area (Å²) in [5, 5.41) is 8.51. The molecule has 2 atom stereocenters. The van der Waals surface area contributed by atoms with Gasteiger partial charge < -0.3 is 10.6 Å². The normalized spacial score (nSPS) is 24.6. The van der Waals surface area contributed by atoms with Gasteiger partial charge in [-0.1, -0.05) is 0 Å². The van der Waals surface area contributed by atoms with E-state index in [0.717, 1.165) is 29.2 Å². The fourth-order valence-corrected chi connectivity index (χ4v) is 3.79. The molecule has 1 aromatic heterocycles. The number of thiophene rings is 1. The molecule has 1 aliphatic heterocycles. The maximum atomic E-state index is 12.1. The monoisotopic (exact) mass is 270 g/mol. The van der Waals surface area contributed by atoms with E-state index in [1.54, 1.807) is 11.8 Å². The van der Waals surface area contributed by atoms with Crippen LogP contribution in [0, 0.1) is 0 Å². The Kier molecular flexibility index (Phi) is 4.48. The molecule has 1 aliphatic rings. The van der Waals surface area contributed by atoms with Gasteiger partial charge in [0, 0.05) is 17.0 Å². The summed E-state index contributed by atoms with van der Waals surface area (Å²) in [6, 6.07) is 2.82. The predicted octanol–water partition coefficient (Wildman–Crippen LogP) is 2.34. The Bertz CT molecular complexity index is 392. The van der Waals surface area contributed by atoms with Gasteiger partial charge in [-0.3, -0.25) is 4.79 Å². The van der Waals surface area contributed by atoms with E-state index in [1.807, 2.05) is 17.7 Å². The lowest BCUT2D eigenvalue weighted by molar-refractivity contribution is 0.0927. The fourth-order valence-electron chi connectivity index (χ4n) is 2.14. The summed E-state index contributed by atoms with van der Waals surface area (Å²) < 4.78 is 0. The first kappa shape index (κ1) is 12.9. The van der Waals surface area contributed by atoms with Gasteiger partial charge in [0.1, 0.15) is 4.88 Å². The molecule has 0 spiro atoms. The number of rotatable bonds is 3. The predicted molar refractivity (Wildman–Crippen MR) is 74.1 cm³/mol. The largest absolute Gasteiger partial charge is 0.348 e. The number of amides is 1. The van der Waals surface area contributed by atoms with E-state index in [1.165, 1.54) is 11.3 Å². The van der Waals surface area contributed by atoms with Crippen molar-refractivity contribution in [3.05, 3.63) is 16.3 Å². The molecular formula is C12H18N2OS2. The van der Waals surface area contributed by atoms with Crippen LogP contribution in [0.1, 0.15) is 29.4 Å². The van der Waals surface area contributed by atoms with Crippen LogP contribution < -0.4 is 10.6 Å². The number of piperidine rings is 1. The standard InChI is InChI=1S/C12H18N2OS2/c1-8-7-9(3-5-13-8)14-12(15)11-10(16-2)4-6-17-11/h4,6,8-9,13H,3,5,7H2,1-2H3,(H,14,15). The molecular weight excluding hydrogens is 252 g/mol. The SMILES string of the molecule is CSc1ccsc1C(=O)NC1CCNC(C)C1. The van der Waals surface area contributed by atoms with E-state index >= 15 is 0 Å². The quantitative estimate of drug-likeness (QED) is 0.828. The second-order valence-corrected chi connectivity index (χ2v) is 6.13. The van der Waals surface area contributed by atoms with Crippen molar-refractivity contribution < 1.29 is 4.79 Å². The average molecular weight is 270 g/mol. The molecule has 2 N–H and O–H groups in total. The van der Waals surface area contributed by atoms with Crippen LogP contribution in [0.2, 0.25) is 0 Å². The minimum absolute atomic E-state index is 0.0865. The Morgan fingerprint density at radius 1 is 1.65 bits per heavy atom. The smallest absolute Gasteiger partial charge is 0.262 e. The molecule has 2 rings (SSSR count). The second kappa shape index (κ2) is 5.89. The van der Waals surface area contributed by atoms with Crippen molar-refractivity contribution in [1.82, 2.24) is 10.6 Å². The Morgan fingerprint density at radius 2 is 2.47 bits per heavy atom. The Morgan fingerprint density at radius 3 is 3.18 bits per heavy atom. The topological polar surface area (TPSA) is 41.1 Å². The van der Waals surface area contributed by atoms with Gasteiger partial charge in [-0.2, -0.15) is 0 Å². The zero-order chi connectivity index (χ0) is 12.3. The highest BCUT2D eigenvalue weighted by Crippen LogP contribution is 2.25. The summed E-state index contributed by atoms with van der Waals surface area (Å²) >= 11 is 3.15. The molecule has 0 bridgehead atoms. The van der Waals surface area contributed by atoms with Crippen molar-refractivity contribution in [2.75, 3.05) is 12.8 Å². The molecule has 0 radical (unpaired) electrons.